The smallest absolute Gasteiger partial charge is 0.0695 e. The highest BCUT2D eigenvalue weighted by Crippen LogP contribution is 2.39. The third kappa shape index (κ3) is 3.95. The zero-order valence-electron chi connectivity index (χ0n) is 13.4. The molecule has 2 nitrogen and oxygen atoms in total. The Bertz CT molecular complexity index is 277. The van der Waals surface area contributed by atoms with Crippen LogP contribution in [0.15, 0.2) is 0 Å². The lowest BCUT2D eigenvalue weighted by Gasteiger charge is -2.44. The van der Waals surface area contributed by atoms with E-state index in [-0.39, 0.29) is 6.10 Å². The molecule has 3 unspecified atom stereocenters. The molecule has 19 heavy (non-hydrogen) atoms. The summed E-state index contributed by atoms with van der Waals surface area (Å²) in [6.07, 6.45) is 8.87. The predicted molar refractivity (Wildman–Crippen MR) is 81.2 cm³/mol. The van der Waals surface area contributed by atoms with Crippen molar-refractivity contribution in [3.8, 4) is 0 Å². The summed E-state index contributed by atoms with van der Waals surface area (Å²) >= 11 is 0. The second kappa shape index (κ2) is 6.13. The van der Waals surface area contributed by atoms with E-state index >= 15 is 0 Å². The van der Waals surface area contributed by atoms with E-state index in [9.17, 15) is 5.11 Å². The first-order chi connectivity index (χ1) is 8.88. The quantitative estimate of drug-likeness (QED) is 0.843. The van der Waals surface area contributed by atoms with Gasteiger partial charge in [-0.15, -0.1) is 0 Å². The molecule has 2 aliphatic carbocycles. The van der Waals surface area contributed by atoms with E-state index in [1.54, 1.807) is 0 Å². The minimum absolute atomic E-state index is 0.106. The molecule has 0 saturated heterocycles. The maximum atomic E-state index is 10.4. The standard InChI is InChI=1S/C17H33NO/c1-17(2,3)14-9-10-16(19)15(11-14)18(4)12-13-7-5-6-8-13/h13-16,19H,5-12H2,1-4H3. The first-order valence-corrected chi connectivity index (χ1v) is 8.26. The zero-order valence-corrected chi connectivity index (χ0v) is 13.4. The van der Waals surface area contributed by atoms with E-state index in [1.807, 2.05) is 0 Å². The number of aliphatic hydroxyl groups excluding tert-OH is 1. The summed E-state index contributed by atoms with van der Waals surface area (Å²) in [5, 5.41) is 10.4. The van der Waals surface area contributed by atoms with Gasteiger partial charge in [-0.1, -0.05) is 33.6 Å². The lowest BCUT2D eigenvalue weighted by Crippen LogP contribution is -2.48. The Hall–Kier alpha value is -0.0800. The Morgan fingerprint density at radius 3 is 2.26 bits per heavy atom. The van der Waals surface area contributed by atoms with Gasteiger partial charge in [0.05, 0.1) is 6.10 Å². The molecule has 1 N–H and O–H groups in total. The van der Waals surface area contributed by atoms with Crippen molar-refractivity contribution >= 4 is 0 Å². The molecule has 0 aromatic rings. The fourth-order valence-corrected chi connectivity index (χ4v) is 4.13. The normalized spacial score (nSPS) is 34.1. The van der Waals surface area contributed by atoms with Crippen LogP contribution in [-0.2, 0) is 0 Å². The average Bonchev–Trinajstić information content (AvgIpc) is 2.80. The van der Waals surface area contributed by atoms with Crippen LogP contribution in [0.3, 0.4) is 0 Å². The minimum atomic E-state index is -0.106. The van der Waals surface area contributed by atoms with Crippen molar-refractivity contribution in [1.82, 2.24) is 4.90 Å². The molecule has 2 rings (SSSR count). The SMILES string of the molecule is CN(CC1CCCC1)C1CC(C(C)(C)C)CCC1O. The largest absolute Gasteiger partial charge is 0.391 e. The average molecular weight is 267 g/mol. The van der Waals surface area contributed by atoms with E-state index in [0.29, 0.717) is 11.5 Å². The second-order valence-electron chi connectivity index (χ2n) is 8.10. The van der Waals surface area contributed by atoms with Gasteiger partial charge in [-0.25, -0.2) is 0 Å². The van der Waals surface area contributed by atoms with Gasteiger partial charge in [-0.2, -0.15) is 0 Å². The van der Waals surface area contributed by atoms with Crippen LogP contribution in [0.4, 0.5) is 0 Å². The number of rotatable bonds is 3. The van der Waals surface area contributed by atoms with Crippen molar-refractivity contribution < 1.29 is 5.11 Å². The molecule has 0 bridgehead atoms. The highest BCUT2D eigenvalue weighted by Gasteiger charge is 2.37. The van der Waals surface area contributed by atoms with Gasteiger partial charge in [0.15, 0.2) is 0 Å². The van der Waals surface area contributed by atoms with Crippen molar-refractivity contribution in [2.24, 2.45) is 17.3 Å². The number of nitrogens with zero attached hydrogens (tertiary/aromatic N) is 1. The third-order valence-electron chi connectivity index (χ3n) is 5.59. The van der Waals surface area contributed by atoms with Crippen molar-refractivity contribution in [2.45, 2.75) is 77.9 Å². The molecule has 0 aliphatic heterocycles. The molecular formula is C17H33NO. The van der Waals surface area contributed by atoms with Crippen molar-refractivity contribution in [1.29, 1.82) is 0 Å². The van der Waals surface area contributed by atoms with Crippen LogP contribution in [0.2, 0.25) is 0 Å². The summed E-state index contributed by atoms with van der Waals surface area (Å²) in [6, 6.07) is 0.388. The molecule has 0 aromatic heterocycles. The van der Waals surface area contributed by atoms with E-state index in [4.69, 9.17) is 0 Å². The van der Waals surface area contributed by atoms with Gasteiger partial charge in [0, 0.05) is 12.6 Å². The fraction of sp³-hybridized carbons (Fsp3) is 1.00. The van der Waals surface area contributed by atoms with Gasteiger partial charge in [-0.3, -0.25) is 0 Å². The Morgan fingerprint density at radius 2 is 1.68 bits per heavy atom. The molecule has 3 atom stereocenters. The minimum Gasteiger partial charge on any atom is -0.391 e. The monoisotopic (exact) mass is 267 g/mol. The van der Waals surface area contributed by atoms with Crippen LogP contribution in [-0.4, -0.2) is 35.7 Å². The summed E-state index contributed by atoms with van der Waals surface area (Å²) in [6.45, 7) is 8.24. The van der Waals surface area contributed by atoms with Gasteiger partial charge in [0.1, 0.15) is 0 Å². The number of likely N-dealkylation sites (N-methyl/N-ethyl adjacent to an activating group) is 1. The van der Waals surface area contributed by atoms with Crippen LogP contribution in [0.25, 0.3) is 0 Å². The zero-order chi connectivity index (χ0) is 14.0. The third-order valence-corrected chi connectivity index (χ3v) is 5.59. The van der Waals surface area contributed by atoms with Crippen molar-refractivity contribution in [2.75, 3.05) is 13.6 Å². The Kier molecular flexibility index (Phi) is 4.94. The summed E-state index contributed by atoms with van der Waals surface area (Å²) < 4.78 is 0. The molecule has 0 heterocycles. The van der Waals surface area contributed by atoms with Gasteiger partial charge >= 0.3 is 0 Å². The van der Waals surface area contributed by atoms with Crippen LogP contribution in [0.5, 0.6) is 0 Å². The molecule has 2 fully saturated rings. The first-order valence-electron chi connectivity index (χ1n) is 8.26. The van der Waals surface area contributed by atoms with Crippen LogP contribution in [0.1, 0.15) is 65.7 Å². The highest BCUT2D eigenvalue weighted by atomic mass is 16.3. The summed E-state index contributed by atoms with van der Waals surface area (Å²) in [5.41, 5.74) is 0.382. The Balaban J connectivity index is 1.92. The number of hydrogen-bond donors (Lipinski definition) is 1. The lowest BCUT2D eigenvalue weighted by atomic mass is 9.70. The molecule has 0 radical (unpaired) electrons. The van der Waals surface area contributed by atoms with Gasteiger partial charge in [-0.05, 0) is 56.4 Å². The topological polar surface area (TPSA) is 23.5 Å². The molecule has 2 heteroatoms. The maximum absolute atomic E-state index is 10.4. The van der Waals surface area contributed by atoms with Crippen LogP contribution in [0, 0.1) is 17.3 Å². The van der Waals surface area contributed by atoms with E-state index in [0.717, 1.165) is 18.3 Å². The van der Waals surface area contributed by atoms with Crippen LogP contribution < -0.4 is 0 Å². The summed E-state index contributed by atoms with van der Waals surface area (Å²) in [7, 11) is 2.23. The Labute approximate surface area is 119 Å². The van der Waals surface area contributed by atoms with Crippen molar-refractivity contribution in [3.05, 3.63) is 0 Å². The number of aliphatic hydroxyl groups is 1. The van der Waals surface area contributed by atoms with Gasteiger partial charge < -0.3 is 10.0 Å². The highest BCUT2D eigenvalue weighted by molar-refractivity contribution is 4.90. The van der Waals surface area contributed by atoms with E-state index in [2.05, 4.69) is 32.7 Å². The maximum Gasteiger partial charge on any atom is 0.0695 e. The molecule has 0 spiro atoms. The van der Waals surface area contributed by atoms with Crippen molar-refractivity contribution in [3.63, 3.8) is 0 Å². The Morgan fingerprint density at radius 1 is 1.05 bits per heavy atom. The molecule has 0 amide bonds. The molecule has 2 saturated carbocycles. The molecule has 112 valence electrons. The predicted octanol–water partition coefficient (Wildman–Crippen LogP) is 3.68. The van der Waals surface area contributed by atoms with Gasteiger partial charge in [0.2, 0.25) is 0 Å². The summed E-state index contributed by atoms with van der Waals surface area (Å²) in [5.74, 6) is 1.64. The lowest BCUT2D eigenvalue weighted by molar-refractivity contribution is -0.0119. The first kappa shape index (κ1) is 15.3. The van der Waals surface area contributed by atoms with Gasteiger partial charge in [0.25, 0.3) is 0 Å². The van der Waals surface area contributed by atoms with E-state index in [1.165, 1.54) is 45.1 Å². The molecular weight excluding hydrogens is 234 g/mol. The number of hydrogen-bond acceptors (Lipinski definition) is 2. The second-order valence-corrected chi connectivity index (χ2v) is 8.10. The van der Waals surface area contributed by atoms with Crippen LogP contribution >= 0.6 is 0 Å². The molecule has 2 aliphatic rings. The van der Waals surface area contributed by atoms with E-state index < -0.39 is 0 Å². The summed E-state index contributed by atoms with van der Waals surface area (Å²) in [4.78, 5) is 2.47. The molecule has 0 aromatic carbocycles. The fourth-order valence-electron chi connectivity index (χ4n) is 4.13.